The van der Waals surface area contributed by atoms with E-state index in [1.807, 2.05) is 44.2 Å². The summed E-state index contributed by atoms with van der Waals surface area (Å²) in [6.45, 7) is 3.77. The van der Waals surface area contributed by atoms with Crippen molar-refractivity contribution in [1.82, 2.24) is 10.3 Å². The van der Waals surface area contributed by atoms with Gasteiger partial charge in [0.2, 0.25) is 0 Å². The Kier molecular flexibility index (Phi) is 6.09. The third kappa shape index (κ3) is 5.02. The molecule has 1 amide bonds. The Morgan fingerprint density at radius 1 is 1.30 bits per heavy atom. The normalized spacial score (nSPS) is 13.4. The fraction of sp³-hybridized carbons (Fsp3) is 0.375. The van der Waals surface area contributed by atoms with Gasteiger partial charge in [-0.1, -0.05) is 30.3 Å². The van der Waals surface area contributed by atoms with Gasteiger partial charge in [0.05, 0.1) is 5.69 Å². The number of nitrogens with zero attached hydrogens (tertiary/aromatic N) is 1. The van der Waals surface area contributed by atoms with E-state index in [0.29, 0.717) is 5.01 Å². The quantitative estimate of drug-likeness (QED) is 0.751. The average Bonchev–Trinajstić information content (AvgIpc) is 2.90. The van der Waals surface area contributed by atoms with Gasteiger partial charge in [0.1, 0.15) is 23.8 Å². The molecule has 1 aromatic carbocycles. The first-order chi connectivity index (χ1) is 11.0. The van der Waals surface area contributed by atoms with E-state index in [0.717, 1.165) is 16.1 Å². The topological polar surface area (TPSA) is 91.7 Å². The van der Waals surface area contributed by atoms with Gasteiger partial charge in [0, 0.05) is 11.4 Å². The molecule has 0 aliphatic rings. The smallest absolute Gasteiger partial charge is 0.407 e. The lowest BCUT2D eigenvalue weighted by molar-refractivity contribution is 0.0182. The highest BCUT2D eigenvalue weighted by Crippen LogP contribution is 2.24. The number of rotatable bonds is 6. The summed E-state index contributed by atoms with van der Waals surface area (Å²) in [7, 11) is 0. The molecule has 124 valence electrons. The second kappa shape index (κ2) is 8.05. The van der Waals surface area contributed by atoms with Crippen LogP contribution in [0.4, 0.5) is 4.79 Å². The van der Waals surface area contributed by atoms with E-state index in [9.17, 15) is 15.0 Å². The van der Waals surface area contributed by atoms with Crippen molar-refractivity contribution in [3.63, 3.8) is 0 Å². The van der Waals surface area contributed by atoms with Crippen LogP contribution in [0.5, 0.6) is 0 Å². The van der Waals surface area contributed by atoms with Crippen LogP contribution in [-0.2, 0) is 11.3 Å². The van der Waals surface area contributed by atoms with Crippen LogP contribution in [-0.4, -0.2) is 33.9 Å². The van der Waals surface area contributed by atoms with Gasteiger partial charge in [-0.25, -0.2) is 9.78 Å². The van der Waals surface area contributed by atoms with E-state index >= 15 is 0 Å². The van der Waals surface area contributed by atoms with Crippen molar-refractivity contribution >= 4 is 17.4 Å². The molecule has 0 saturated heterocycles. The monoisotopic (exact) mass is 336 g/mol. The van der Waals surface area contributed by atoms with Crippen molar-refractivity contribution in [2.75, 3.05) is 6.54 Å². The van der Waals surface area contributed by atoms with Gasteiger partial charge < -0.3 is 20.3 Å². The first kappa shape index (κ1) is 17.4. The Balaban J connectivity index is 1.77. The molecule has 0 spiro atoms. The zero-order chi connectivity index (χ0) is 16.8. The fourth-order valence-electron chi connectivity index (χ4n) is 1.86. The summed E-state index contributed by atoms with van der Waals surface area (Å²) < 4.78 is 5.03. The van der Waals surface area contributed by atoms with Crippen LogP contribution in [0.15, 0.2) is 30.3 Å². The number of carbonyl (C=O) groups is 1. The first-order valence-electron chi connectivity index (χ1n) is 7.22. The number of hydrogen-bond donors (Lipinski definition) is 3. The van der Waals surface area contributed by atoms with Crippen LogP contribution in [0.1, 0.15) is 27.2 Å². The van der Waals surface area contributed by atoms with E-state index in [2.05, 4.69) is 10.3 Å². The number of amides is 1. The van der Waals surface area contributed by atoms with Crippen LogP contribution in [0.2, 0.25) is 0 Å². The molecule has 0 aliphatic carbocycles. The molecular weight excluding hydrogens is 316 g/mol. The second-order valence-corrected chi connectivity index (χ2v) is 6.38. The molecular formula is C16H20N2O4S. The number of hydrogen-bond acceptors (Lipinski definition) is 6. The molecule has 2 aromatic rings. The van der Waals surface area contributed by atoms with Crippen molar-refractivity contribution in [1.29, 1.82) is 0 Å². The summed E-state index contributed by atoms with van der Waals surface area (Å²) in [6, 6.07) is 9.28. The Labute approximate surface area is 138 Å². The zero-order valence-electron chi connectivity index (χ0n) is 13.0. The van der Waals surface area contributed by atoms with Crippen molar-refractivity contribution in [3.8, 4) is 0 Å². The van der Waals surface area contributed by atoms with Crippen LogP contribution < -0.4 is 5.32 Å². The molecule has 3 N–H and O–H groups in total. The number of ether oxygens (including phenoxy) is 1. The predicted molar refractivity (Wildman–Crippen MR) is 87.2 cm³/mol. The van der Waals surface area contributed by atoms with Crippen molar-refractivity contribution in [2.24, 2.45) is 0 Å². The fourth-order valence-corrected chi connectivity index (χ4v) is 2.83. The molecule has 1 heterocycles. The van der Waals surface area contributed by atoms with Crippen molar-refractivity contribution in [2.45, 2.75) is 32.7 Å². The summed E-state index contributed by atoms with van der Waals surface area (Å²) in [5, 5.41) is 22.9. The lowest BCUT2D eigenvalue weighted by Crippen LogP contribution is -2.35. The number of benzene rings is 1. The number of carbonyl (C=O) groups excluding carboxylic acids is 1. The first-order valence-corrected chi connectivity index (χ1v) is 8.03. The molecule has 0 bridgehead atoms. The van der Waals surface area contributed by atoms with Gasteiger partial charge in [-0.3, -0.25) is 0 Å². The maximum Gasteiger partial charge on any atom is 0.407 e. The minimum atomic E-state index is -1.15. The van der Waals surface area contributed by atoms with Crippen LogP contribution in [0, 0.1) is 13.8 Å². The van der Waals surface area contributed by atoms with E-state index in [1.165, 1.54) is 11.3 Å². The molecule has 2 atom stereocenters. The summed E-state index contributed by atoms with van der Waals surface area (Å²) in [6.07, 6.45) is -2.93. The number of alkyl carbamates (subject to hydrolysis) is 1. The molecule has 2 rings (SSSR count). The molecule has 1 aromatic heterocycles. The molecule has 0 fully saturated rings. The Morgan fingerprint density at radius 2 is 2.00 bits per heavy atom. The van der Waals surface area contributed by atoms with Crippen molar-refractivity contribution in [3.05, 3.63) is 51.5 Å². The number of thiazole rings is 1. The summed E-state index contributed by atoms with van der Waals surface area (Å²) in [5.74, 6) is 0. The van der Waals surface area contributed by atoms with E-state index in [4.69, 9.17) is 4.74 Å². The maximum atomic E-state index is 11.6. The number of aliphatic hydroxyl groups is 2. The van der Waals surface area contributed by atoms with Gasteiger partial charge in [0.15, 0.2) is 0 Å². The highest BCUT2D eigenvalue weighted by atomic mass is 32.1. The summed E-state index contributed by atoms with van der Waals surface area (Å²) in [5.41, 5.74) is 1.70. The van der Waals surface area contributed by atoms with Crippen molar-refractivity contribution < 1.29 is 19.7 Å². The Morgan fingerprint density at radius 3 is 2.61 bits per heavy atom. The maximum absolute atomic E-state index is 11.6. The number of aromatic nitrogens is 1. The van der Waals surface area contributed by atoms with Gasteiger partial charge in [0.25, 0.3) is 0 Å². The van der Waals surface area contributed by atoms with E-state index in [-0.39, 0.29) is 13.2 Å². The average molecular weight is 336 g/mol. The molecule has 0 aliphatic heterocycles. The third-order valence-corrected chi connectivity index (χ3v) is 4.47. The van der Waals surface area contributed by atoms with Crippen LogP contribution in [0.25, 0.3) is 0 Å². The SMILES string of the molecule is Cc1nc(C(O)C(O)CNC(=O)OCc2ccccc2)sc1C. The van der Waals surface area contributed by atoms with E-state index < -0.39 is 18.3 Å². The molecule has 0 radical (unpaired) electrons. The van der Waals surface area contributed by atoms with Crippen LogP contribution >= 0.6 is 11.3 Å². The summed E-state index contributed by atoms with van der Waals surface area (Å²) >= 11 is 1.33. The molecule has 2 unspecified atom stereocenters. The highest BCUT2D eigenvalue weighted by molar-refractivity contribution is 7.11. The lowest BCUT2D eigenvalue weighted by atomic mass is 10.2. The predicted octanol–water partition coefficient (Wildman–Crippen LogP) is 2.08. The highest BCUT2D eigenvalue weighted by Gasteiger charge is 2.23. The summed E-state index contributed by atoms with van der Waals surface area (Å²) in [4.78, 5) is 16.8. The Bertz CT molecular complexity index is 625. The second-order valence-electron chi connectivity index (χ2n) is 5.15. The van der Waals surface area contributed by atoms with Crippen LogP contribution in [0.3, 0.4) is 0 Å². The molecule has 7 heteroatoms. The standard InChI is InChI=1S/C16H20N2O4S/c1-10-11(2)23-15(18-10)14(20)13(19)8-17-16(21)22-9-12-6-4-3-5-7-12/h3-7,13-14,19-20H,8-9H2,1-2H3,(H,17,21). The number of nitrogens with one attached hydrogen (secondary N) is 1. The third-order valence-electron chi connectivity index (χ3n) is 3.33. The minimum absolute atomic E-state index is 0.119. The van der Waals surface area contributed by atoms with Gasteiger partial charge >= 0.3 is 6.09 Å². The molecule has 0 saturated carbocycles. The van der Waals surface area contributed by atoms with E-state index in [1.54, 1.807) is 0 Å². The zero-order valence-corrected chi connectivity index (χ0v) is 13.8. The van der Waals surface area contributed by atoms with Gasteiger partial charge in [-0.2, -0.15) is 0 Å². The molecule has 23 heavy (non-hydrogen) atoms. The lowest BCUT2D eigenvalue weighted by Gasteiger charge is -2.16. The largest absolute Gasteiger partial charge is 0.445 e. The minimum Gasteiger partial charge on any atom is -0.445 e. The number of aryl methyl sites for hydroxylation is 2. The van der Waals surface area contributed by atoms with Gasteiger partial charge in [-0.15, -0.1) is 11.3 Å². The molecule has 6 nitrogen and oxygen atoms in total. The van der Waals surface area contributed by atoms with Gasteiger partial charge in [-0.05, 0) is 19.4 Å². The Hall–Kier alpha value is -1.96. The number of aliphatic hydroxyl groups excluding tert-OH is 2.